The van der Waals surface area contributed by atoms with E-state index in [1.54, 1.807) is 26.0 Å². The Morgan fingerprint density at radius 2 is 1.54 bits per heavy atom. The second-order valence-electron chi connectivity index (χ2n) is 5.98. The molecule has 0 atom stereocenters. The van der Waals surface area contributed by atoms with Gasteiger partial charge >= 0.3 is 0 Å². The van der Waals surface area contributed by atoms with Gasteiger partial charge in [0.1, 0.15) is 5.75 Å². The van der Waals surface area contributed by atoms with Crippen molar-refractivity contribution in [3.05, 3.63) is 47.5 Å². The summed E-state index contributed by atoms with van der Waals surface area (Å²) in [6.07, 6.45) is 1.05. The molecule has 0 radical (unpaired) electrons. The van der Waals surface area contributed by atoms with Crippen molar-refractivity contribution < 1.29 is 21.6 Å². The highest BCUT2D eigenvalue weighted by atomic mass is 32.2. The van der Waals surface area contributed by atoms with Crippen molar-refractivity contribution in [2.45, 2.75) is 18.7 Å². The number of sulfonamides is 2. The molecule has 26 heavy (non-hydrogen) atoms. The van der Waals surface area contributed by atoms with Gasteiger partial charge in [-0.2, -0.15) is 0 Å². The molecule has 2 rings (SSSR count). The van der Waals surface area contributed by atoms with Crippen LogP contribution in [0.25, 0.3) is 0 Å². The van der Waals surface area contributed by atoms with Crippen LogP contribution in [0, 0.1) is 13.8 Å². The van der Waals surface area contributed by atoms with Crippen molar-refractivity contribution >= 4 is 31.4 Å². The molecule has 0 unspecified atom stereocenters. The lowest BCUT2D eigenvalue weighted by Gasteiger charge is -2.22. The molecule has 2 aromatic carbocycles. The van der Waals surface area contributed by atoms with Crippen LogP contribution in [0.15, 0.2) is 41.3 Å². The summed E-state index contributed by atoms with van der Waals surface area (Å²) in [7, 11) is -4.18. The molecule has 0 amide bonds. The van der Waals surface area contributed by atoms with Crippen molar-refractivity contribution in [3.8, 4) is 5.75 Å². The quantitative estimate of drug-likeness (QED) is 0.807. The standard InChI is InChI=1S/C17H22N2O5S2/c1-12-11-17(13(2)10-16(12)24-4)26(22,23)19(3)15-8-6-14(7-9-15)18-25(5,20)21/h6-11,18H,1-5H3. The lowest BCUT2D eigenvalue weighted by Crippen LogP contribution is -2.27. The number of nitrogens with one attached hydrogen (secondary N) is 1. The third-order valence-electron chi connectivity index (χ3n) is 3.87. The first-order valence-corrected chi connectivity index (χ1v) is 11.0. The summed E-state index contributed by atoms with van der Waals surface area (Å²) in [4.78, 5) is 0.191. The molecule has 0 aliphatic carbocycles. The van der Waals surface area contributed by atoms with Crippen molar-refractivity contribution in [1.82, 2.24) is 0 Å². The molecule has 1 N–H and O–H groups in total. The molecule has 0 fully saturated rings. The molecular weight excluding hydrogens is 376 g/mol. The molecular formula is C17H22N2O5S2. The summed E-state index contributed by atoms with van der Waals surface area (Å²) in [5.41, 5.74) is 2.07. The molecule has 2 aromatic rings. The number of hydrogen-bond acceptors (Lipinski definition) is 5. The van der Waals surface area contributed by atoms with Gasteiger partial charge in [-0.1, -0.05) is 0 Å². The highest BCUT2D eigenvalue weighted by molar-refractivity contribution is 7.93. The van der Waals surface area contributed by atoms with E-state index in [1.165, 1.54) is 38.4 Å². The Balaban J connectivity index is 2.39. The van der Waals surface area contributed by atoms with Crippen LogP contribution in [-0.2, 0) is 20.0 Å². The van der Waals surface area contributed by atoms with Crippen molar-refractivity contribution in [1.29, 1.82) is 0 Å². The molecule has 0 aliphatic heterocycles. The van der Waals surface area contributed by atoms with Crippen molar-refractivity contribution in [2.24, 2.45) is 0 Å². The van der Waals surface area contributed by atoms with E-state index in [9.17, 15) is 16.8 Å². The third-order valence-corrected chi connectivity index (χ3v) is 6.40. The number of benzene rings is 2. The summed E-state index contributed by atoms with van der Waals surface area (Å²) < 4.78 is 57.2. The van der Waals surface area contributed by atoms with Gasteiger partial charge in [-0.3, -0.25) is 9.03 Å². The lowest BCUT2D eigenvalue weighted by molar-refractivity contribution is 0.411. The average Bonchev–Trinajstić information content (AvgIpc) is 2.55. The minimum Gasteiger partial charge on any atom is -0.496 e. The van der Waals surface area contributed by atoms with Gasteiger partial charge in [0, 0.05) is 12.7 Å². The van der Waals surface area contributed by atoms with Crippen LogP contribution in [0.1, 0.15) is 11.1 Å². The minimum absolute atomic E-state index is 0.191. The number of nitrogens with zero attached hydrogens (tertiary/aromatic N) is 1. The normalized spacial score (nSPS) is 11.9. The number of rotatable bonds is 6. The Kier molecular flexibility index (Phi) is 5.52. The Morgan fingerprint density at radius 1 is 0.962 bits per heavy atom. The van der Waals surface area contributed by atoms with E-state index >= 15 is 0 Å². The number of aryl methyl sites for hydroxylation is 2. The molecule has 0 aromatic heterocycles. The third kappa shape index (κ3) is 4.28. The SMILES string of the molecule is COc1cc(C)c(S(=O)(=O)N(C)c2ccc(NS(C)(=O)=O)cc2)cc1C. The molecule has 0 heterocycles. The maximum Gasteiger partial charge on any atom is 0.264 e. The fourth-order valence-electron chi connectivity index (χ4n) is 2.50. The Morgan fingerprint density at radius 3 is 2.04 bits per heavy atom. The Hall–Kier alpha value is -2.26. The van der Waals surface area contributed by atoms with E-state index in [0.29, 0.717) is 22.7 Å². The summed E-state index contributed by atoms with van der Waals surface area (Å²) in [6.45, 7) is 3.49. The molecule has 0 aliphatic rings. The highest BCUT2D eigenvalue weighted by Gasteiger charge is 2.24. The first-order valence-electron chi connectivity index (χ1n) is 7.67. The average molecular weight is 399 g/mol. The van der Waals surface area contributed by atoms with Gasteiger partial charge in [-0.05, 0) is 61.4 Å². The van der Waals surface area contributed by atoms with Gasteiger partial charge in [0.15, 0.2) is 0 Å². The predicted molar refractivity (Wildman–Crippen MR) is 103 cm³/mol. The fourth-order valence-corrected chi connectivity index (χ4v) is 4.55. The molecule has 0 bridgehead atoms. The largest absolute Gasteiger partial charge is 0.496 e. The summed E-state index contributed by atoms with van der Waals surface area (Å²) in [5, 5.41) is 0. The first kappa shape index (κ1) is 20.1. The minimum atomic E-state index is -3.78. The summed E-state index contributed by atoms with van der Waals surface area (Å²) in [6, 6.07) is 9.37. The van der Waals surface area contributed by atoms with Gasteiger partial charge in [-0.25, -0.2) is 16.8 Å². The van der Waals surface area contributed by atoms with E-state index in [-0.39, 0.29) is 4.90 Å². The molecule has 0 saturated carbocycles. The first-order chi connectivity index (χ1) is 12.0. The van der Waals surface area contributed by atoms with Gasteiger partial charge < -0.3 is 4.74 Å². The summed E-state index contributed by atoms with van der Waals surface area (Å²) in [5.74, 6) is 0.625. The Labute approximate surface area is 154 Å². The van der Waals surface area contributed by atoms with E-state index in [2.05, 4.69) is 4.72 Å². The zero-order chi connectivity index (χ0) is 19.7. The maximum atomic E-state index is 13.0. The highest BCUT2D eigenvalue weighted by Crippen LogP contribution is 2.30. The molecule has 0 spiro atoms. The van der Waals surface area contributed by atoms with Crippen LogP contribution in [0.2, 0.25) is 0 Å². The van der Waals surface area contributed by atoms with Crippen LogP contribution in [0.5, 0.6) is 5.75 Å². The van der Waals surface area contributed by atoms with Crippen LogP contribution in [0.4, 0.5) is 11.4 Å². The number of anilines is 2. The Bertz CT molecular complexity index is 1010. The van der Waals surface area contributed by atoms with Gasteiger partial charge in [-0.15, -0.1) is 0 Å². The summed E-state index contributed by atoms with van der Waals surface area (Å²) >= 11 is 0. The predicted octanol–water partition coefficient (Wildman–Crippen LogP) is 2.51. The molecule has 9 heteroatoms. The van der Waals surface area contributed by atoms with Crippen molar-refractivity contribution in [2.75, 3.05) is 29.4 Å². The van der Waals surface area contributed by atoms with Gasteiger partial charge in [0.25, 0.3) is 10.0 Å². The fraction of sp³-hybridized carbons (Fsp3) is 0.294. The van der Waals surface area contributed by atoms with Crippen LogP contribution in [0.3, 0.4) is 0 Å². The van der Waals surface area contributed by atoms with E-state index in [4.69, 9.17) is 4.74 Å². The van der Waals surface area contributed by atoms with Crippen molar-refractivity contribution in [3.63, 3.8) is 0 Å². The van der Waals surface area contributed by atoms with Crippen LogP contribution in [-0.4, -0.2) is 37.2 Å². The molecule has 0 saturated heterocycles. The molecule has 142 valence electrons. The number of methoxy groups -OCH3 is 1. The smallest absolute Gasteiger partial charge is 0.264 e. The van der Waals surface area contributed by atoms with Gasteiger partial charge in [0.2, 0.25) is 10.0 Å². The zero-order valence-corrected chi connectivity index (χ0v) is 16.9. The van der Waals surface area contributed by atoms with Gasteiger partial charge in [0.05, 0.1) is 23.9 Å². The van der Waals surface area contributed by atoms with Crippen LogP contribution < -0.4 is 13.8 Å². The van der Waals surface area contributed by atoms with Crippen LogP contribution >= 0.6 is 0 Å². The molecule has 7 nitrogen and oxygen atoms in total. The van der Waals surface area contributed by atoms with E-state index in [1.807, 2.05) is 0 Å². The monoisotopic (exact) mass is 398 g/mol. The second kappa shape index (κ2) is 7.16. The number of ether oxygens (including phenoxy) is 1. The maximum absolute atomic E-state index is 13.0. The second-order valence-corrected chi connectivity index (χ2v) is 9.67. The topological polar surface area (TPSA) is 92.8 Å². The lowest BCUT2D eigenvalue weighted by atomic mass is 10.1. The van der Waals surface area contributed by atoms with E-state index < -0.39 is 20.0 Å². The van der Waals surface area contributed by atoms with E-state index in [0.717, 1.165) is 16.1 Å². The number of hydrogen-bond donors (Lipinski definition) is 1. The zero-order valence-electron chi connectivity index (χ0n) is 15.3.